The highest BCUT2D eigenvalue weighted by Crippen LogP contribution is 2.13. The lowest BCUT2D eigenvalue weighted by molar-refractivity contribution is -0.0600. The second-order valence-corrected chi connectivity index (χ2v) is 1.36. The van der Waals surface area contributed by atoms with Crippen molar-refractivity contribution in [1.29, 1.82) is 0 Å². The van der Waals surface area contributed by atoms with Crippen molar-refractivity contribution >= 4 is 5.84 Å². The van der Waals surface area contributed by atoms with Crippen LogP contribution >= 0.6 is 0 Å². The van der Waals surface area contributed by atoms with Crippen LogP contribution in [0.25, 0.3) is 0 Å². The Kier molecular flexibility index (Phi) is 2.48. The number of hydrogen-bond donors (Lipinski definition) is 1. The number of amidine groups is 1. The highest BCUT2D eigenvalue weighted by atomic mass is 19.4. The fourth-order valence-electron chi connectivity index (χ4n) is 0.260. The maximum atomic E-state index is 11.4. The molecule has 0 aromatic heterocycles. The lowest BCUT2D eigenvalue weighted by atomic mass is 10.6. The maximum absolute atomic E-state index is 11.4. The Morgan fingerprint density at radius 2 is 2.00 bits per heavy atom. The van der Waals surface area contributed by atoms with Crippen molar-refractivity contribution in [2.24, 2.45) is 10.7 Å². The Bertz CT molecular complexity index is 115. The number of nitrogens with two attached hydrogens (primary N) is 1. The summed E-state index contributed by atoms with van der Waals surface area (Å²) in [5.41, 5.74) is 4.49. The van der Waals surface area contributed by atoms with Crippen LogP contribution in [0.15, 0.2) is 4.99 Å². The van der Waals surface area contributed by atoms with Crippen LogP contribution in [0.1, 0.15) is 6.92 Å². The lowest BCUT2D eigenvalue weighted by Gasteiger charge is -2.02. The highest BCUT2D eigenvalue weighted by molar-refractivity contribution is 5.85. The number of halogens is 3. The zero-order valence-corrected chi connectivity index (χ0v) is 4.87. The van der Waals surface area contributed by atoms with E-state index in [9.17, 15) is 13.2 Å². The van der Waals surface area contributed by atoms with Gasteiger partial charge in [0.2, 0.25) is 5.84 Å². The monoisotopic (exact) mass is 140 g/mol. The molecule has 9 heavy (non-hydrogen) atoms. The van der Waals surface area contributed by atoms with E-state index in [1.165, 1.54) is 6.92 Å². The van der Waals surface area contributed by atoms with E-state index < -0.39 is 12.0 Å². The number of rotatable bonds is 1. The van der Waals surface area contributed by atoms with Crippen LogP contribution in [0.5, 0.6) is 0 Å². The normalized spacial score (nSPS) is 14.0. The zero-order valence-electron chi connectivity index (χ0n) is 4.87. The SMILES string of the molecule is CCN=C(N)C(F)(F)F. The predicted molar refractivity (Wildman–Crippen MR) is 28.2 cm³/mol. The van der Waals surface area contributed by atoms with Gasteiger partial charge in [0.15, 0.2) is 0 Å². The van der Waals surface area contributed by atoms with Crippen LogP contribution < -0.4 is 5.73 Å². The molecule has 0 saturated carbocycles. The van der Waals surface area contributed by atoms with Crippen molar-refractivity contribution in [3.8, 4) is 0 Å². The molecule has 0 unspecified atom stereocenters. The molecule has 0 radical (unpaired) electrons. The van der Waals surface area contributed by atoms with Gasteiger partial charge in [0.05, 0.1) is 0 Å². The Balaban J connectivity index is 4.03. The molecule has 2 N–H and O–H groups in total. The van der Waals surface area contributed by atoms with E-state index >= 15 is 0 Å². The summed E-state index contributed by atoms with van der Waals surface area (Å²) in [6, 6.07) is 0. The summed E-state index contributed by atoms with van der Waals surface area (Å²) in [5.74, 6) is -1.26. The molecule has 0 fully saturated rings. The molecular weight excluding hydrogens is 133 g/mol. The van der Waals surface area contributed by atoms with E-state index in [4.69, 9.17) is 0 Å². The molecule has 0 amide bonds. The summed E-state index contributed by atoms with van der Waals surface area (Å²) in [6.45, 7) is 1.55. The molecule has 0 bridgehead atoms. The first kappa shape index (κ1) is 8.26. The number of aliphatic imine (C=N–C) groups is 1. The molecule has 0 aliphatic heterocycles. The third-order valence-corrected chi connectivity index (χ3v) is 0.619. The van der Waals surface area contributed by atoms with Crippen LogP contribution in [0.2, 0.25) is 0 Å². The maximum Gasteiger partial charge on any atom is 0.448 e. The van der Waals surface area contributed by atoms with Gasteiger partial charge in [0.1, 0.15) is 0 Å². The van der Waals surface area contributed by atoms with E-state index in [1.807, 2.05) is 0 Å². The third kappa shape index (κ3) is 2.94. The molecule has 0 atom stereocenters. The number of nitrogens with zero attached hydrogens (tertiary/aromatic N) is 1. The van der Waals surface area contributed by atoms with Crippen LogP contribution in [0.3, 0.4) is 0 Å². The van der Waals surface area contributed by atoms with E-state index in [2.05, 4.69) is 10.7 Å². The highest BCUT2D eigenvalue weighted by Gasteiger charge is 2.32. The minimum Gasteiger partial charge on any atom is -0.380 e. The van der Waals surface area contributed by atoms with Crippen molar-refractivity contribution in [3.05, 3.63) is 0 Å². The van der Waals surface area contributed by atoms with Crippen molar-refractivity contribution in [1.82, 2.24) is 0 Å². The van der Waals surface area contributed by atoms with Gasteiger partial charge in [-0.15, -0.1) is 0 Å². The van der Waals surface area contributed by atoms with E-state index in [0.29, 0.717) is 0 Å². The second-order valence-electron chi connectivity index (χ2n) is 1.36. The third-order valence-electron chi connectivity index (χ3n) is 0.619. The molecule has 0 heterocycles. The molecular formula is C4H7F3N2. The van der Waals surface area contributed by atoms with Crippen molar-refractivity contribution in [2.75, 3.05) is 6.54 Å². The van der Waals surface area contributed by atoms with Gasteiger partial charge in [-0.3, -0.25) is 4.99 Å². The molecule has 0 aromatic rings. The van der Waals surface area contributed by atoms with E-state index in [-0.39, 0.29) is 6.54 Å². The van der Waals surface area contributed by atoms with Crippen LogP contribution in [0, 0.1) is 0 Å². The standard InChI is InChI=1S/C4H7F3N2/c1-2-9-3(8)4(5,6)7/h2H2,1H3,(H2,8,9). The second kappa shape index (κ2) is 2.70. The van der Waals surface area contributed by atoms with Gasteiger partial charge >= 0.3 is 6.18 Å². The summed E-state index contributed by atoms with van der Waals surface area (Å²) >= 11 is 0. The molecule has 54 valence electrons. The van der Waals surface area contributed by atoms with Crippen LogP contribution in [-0.2, 0) is 0 Å². The topological polar surface area (TPSA) is 38.4 Å². The smallest absolute Gasteiger partial charge is 0.380 e. The molecule has 2 nitrogen and oxygen atoms in total. The first-order chi connectivity index (χ1) is 3.98. The van der Waals surface area contributed by atoms with Crippen molar-refractivity contribution in [2.45, 2.75) is 13.1 Å². The predicted octanol–water partition coefficient (Wildman–Crippen LogP) is 0.926. The quantitative estimate of drug-likeness (QED) is 0.427. The average Bonchev–Trinajstić information content (AvgIpc) is 1.64. The average molecular weight is 140 g/mol. The van der Waals surface area contributed by atoms with Gasteiger partial charge in [-0.25, -0.2) is 0 Å². The van der Waals surface area contributed by atoms with Gasteiger partial charge in [0, 0.05) is 6.54 Å². The van der Waals surface area contributed by atoms with Gasteiger partial charge in [-0.05, 0) is 6.92 Å². The summed E-state index contributed by atoms with van der Waals surface area (Å²) in [4.78, 5) is 2.97. The molecule has 0 saturated heterocycles. The Labute approximate surface area is 50.6 Å². The fraction of sp³-hybridized carbons (Fsp3) is 0.750. The summed E-state index contributed by atoms with van der Waals surface area (Å²) in [7, 11) is 0. The Morgan fingerprint density at radius 3 is 2.11 bits per heavy atom. The minimum atomic E-state index is -4.46. The minimum absolute atomic E-state index is 0.0609. The largest absolute Gasteiger partial charge is 0.448 e. The molecule has 0 aliphatic rings. The number of alkyl halides is 3. The van der Waals surface area contributed by atoms with Gasteiger partial charge in [-0.2, -0.15) is 13.2 Å². The summed E-state index contributed by atoms with van der Waals surface area (Å²) in [6.07, 6.45) is -4.46. The Morgan fingerprint density at radius 1 is 1.56 bits per heavy atom. The number of hydrogen-bond acceptors (Lipinski definition) is 1. The first-order valence-electron chi connectivity index (χ1n) is 2.35. The molecule has 5 heteroatoms. The van der Waals surface area contributed by atoms with Crippen LogP contribution in [0.4, 0.5) is 13.2 Å². The van der Waals surface area contributed by atoms with Gasteiger partial charge in [0.25, 0.3) is 0 Å². The van der Waals surface area contributed by atoms with Crippen LogP contribution in [-0.4, -0.2) is 18.6 Å². The molecule has 0 aliphatic carbocycles. The van der Waals surface area contributed by atoms with E-state index in [1.54, 1.807) is 0 Å². The summed E-state index contributed by atoms with van der Waals surface area (Å²) < 4.78 is 34.1. The van der Waals surface area contributed by atoms with Crippen molar-refractivity contribution < 1.29 is 13.2 Å². The zero-order chi connectivity index (χ0) is 7.49. The first-order valence-corrected chi connectivity index (χ1v) is 2.35. The molecule has 0 aromatic carbocycles. The van der Waals surface area contributed by atoms with Gasteiger partial charge in [-0.1, -0.05) is 0 Å². The summed E-state index contributed by atoms with van der Waals surface area (Å²) in [5, 5.41) is 0. The fourth-order valence-corrected chi connectivity index (χ4v) is 0.260. The lowest BCUT2D eigenvalue weighted by Crippen LogP contribution is -2.31. The van der Waals surface area contributed by atoms with Crippen molar-refractivity contribution in [3.63, 3.8) is 0 Å². The van der Waals surface area contributed by atoms with Gasteiger partial charge < -0.3 is 5.73 Å². The molecule has 0 rings (SSSR count). The molecule has 0 spiro atoms. The van der Waals surface area contributed by atoms with E-state index in [0.717, 1.165) is 0 Å². The Hall–Kier alpha value is -0.740.